The number of hydrogen-bond acceptors (Lipinski definition) is 4. The molecule has 1 unspecified atom stereocenters. The Balaban J connectivity index is 1.78. The molecular weight excluding hydrogens is 296 g/mol. The number of nitrogens with zero attached hydrogens (tertiary/aromatic N) is 2. The Hall–Kier alpha value is -2.10. The fourth-order valence-electron chi connectivity index (χ4n) is 3.32. The number of carbonyl (C=O) groups is 3. The molecule has 1 saturated heterocycles. The minimum absolute atomic E-state index is 0.152. The van der Waals surface area contributed by atoms with Crippen molar-refractivity contribution < 1.29 is 14.4 Å². The lowest BCUT2D eigenvalue weighted by Gasteiger charge is -2.20. The lowest BCUT2D eigenvalue weighted by Crippen LogP contribution is -2.44. The van der Waals surface area contributed by atoms with Crippen molar-refractivity contribution in [3.05, 3.63) is 0 Å². The number of urea groups is 1. The van der Waals surface area contributed by atoms with Gasteiger partial charge < -0.3 is 10.6 Å². The Kier molecular flexibility index (Phi) is 5.59. The Bertz CT molecular complexity index is 520. The van der Waals surface area contributed by atoms with Crippen molar-refractivity contribution >= 4 is 17.8 Å². The van der Waals surface area contributed by atoms with Crippen LogP contribution in [0.15, 0.2) is 0 Å². The fourth-order valence-corrected chi connectivity index (χ4v) is 3.32. The van der Waals surface area contributed by atoms with Crippen LogP contribution in [0.25, 0.3) is 0 Å². The summed E-state index contributed by atoms with van der Waals surface area (Å²) in [5, 5.41) is 14.4. The summed E-state index contributed by atoms with van der Waals surface area (Å²) >= 11 is 0. The summed E-state index contributed by atoms with van der Waals surface area (Å²) < 4.78 is 0. The lowest BCUT2D eigenvalue weighted by atomic mass is 9.98. The monoisotopic (exact) mass is 320 g/mol. The first kappa shape index (κ1) is 17.3. The van der Waals surface area contributed by atoms with E-state index in [1.54, 1.807) is 0 Å². The van der Waals surface area contributed by atoms with E-state index in [-0.39, 0.29) is 30.8 Å². The highest BCUT2D eigenvalue weighted by molar-refractivity contribution is 6.07. The van der Waals surface area contributed by atoms with Gasteiger partial charge in [-0.15, -0.1) is 0 Å². The molecule has 0 aromatic rings. The van der Waals surface area contributed by atoms with Gasteiger partial charge in [-0.3, -0.25) is 14.5 Å². The maximum Gasteiger partial charge on any atom is 0.325 e. The molecule has 7 heteroatoms. The summed E-state index contributed by atoms with van der Waals surface area (Å²) in [4.78, 5) is 37.4. The zero-order valence-electron chi connectivity index (χ0n) is 13.6. The molecule has 2 N–H and O–H groups in total. The van der Waals surface area contributed by atoms with Gasteiger partial charge in [0.15, 0.2) is 0 Å². The number of hydrogen-bond donors (Lipinski definition) is 2. The minimum atomic E-state index is -0.688. The van der Waals surface area contributed by atoms with Crippen LogP contribution in [0.4, 0.5) is 4.79 Å². The second kappa shape index (κ2) is 7.44. The Morgan fingerprint density at radius 2 is 2.13 bits per heavy atom. The molecule has 7 nitrogen and oxygen atoms in total. The molecule has 0 bridgehead atoms. The summed E-state index contributed by atoms with van der Waals surface area (Å²) in [6, 6.07) is 1.24. The van der Waals surface area contributed by atoms with Crippen molar-refractivity contribution in [1.82, 2.24) is 15.5 Å². The molecule has 1 aliphatic heterocycles. The first-order valence-electron chi connectivity index (χ1n) is 8.35. The van der Waals surface area contributed by atoms with E-state index >= 15 is 0 Å². The van der Waals surface area contributed by atoms with E-state index in [2.05, 4.69) is 16.7 Å². The second-order valence-corrected chi connectivity index (χ2v) is 6.32. The molecule has 1 spiro atoms. The van der Waals surface area contributed by atoms with E-state index in [0.717, 1.165) is 19.3 Å². The molecule has 1 atom stereocenters. The van der Waals surface area contributed by atoms with Crippen LogP contribution in [0.2, 0.25) is 0 Å². The van der Waals surface area contributed by atoms with Crippen molar-refractivity contribution in [3.63, 3.8) is 0 Å². The van der Waals surface area contributed by atoms with E-state index < -0.39 is 11.6 Å². The van der Waals surface area contributed by atoms with Gasteiger partial charge in [0.1, 0.15) is 11.6 Å². The van der Waals surface area contributed by atoms with Crippen molar-refractivity contribution in [2.24, 2.45) is 0 Å². The average Bonchev–Trinajstić information content (AvgIpc) is 3.07. The van der Waals surface area contributed by atoms with Gasteiger partial charge in [0, 0.05) is 13.0 Å². The van der Waals surface area contributed by atoms with Crippen molar-refractivity contribution in [2.75, 3.05) is 6.54 Å². The highest BCUT2D eigenvalue weighted by Gasteiger charge is 2.51. The van der Waals surface area contributed by atoms with Gasteiger partial charge in [-0.25, -0.2) is 4.79 Å². The normalized spacial score (nSPS) is 20.4. The molecule has 4 amide bonds. The van der Waals surface area contributed by atoms with Crippen LogP contribution in [-0.4, -0.2) is 40.9 Å². The predicted molar refractivity (Wildman–Crippen MR) is 83.1 cm³/mol. The van der Waals surface area contributed by atoms with E-state index in [9.17, 15) is 14.4 Å². The van der Waals surface area contributed by atoms with Crippen LogP contribution >= 0.6 is 0 Å². The maximum atomic E-state index is 12.4. The SMILES string of the molecule is CCCC(C#N)NC(=O)CCCN1C(=O)NC2(CCCC2)C1=O. The molecule has 1 saturated carbocycles. The zero-order valence-corrected chi connectivity index (χ0v) is 13.6. The third kappa shape index (κ3) is 3.81. The minimum Gasteiger partial charge on any atom is -0.340 e. The maximum absolute atomic E-state index is 12.4. The molecule has 0 aromatic heterocycles. The number of imide groups is 1. The van der Waals surface area contributed by atoms with Gasteiger partial charge in [0.05, 0.1) is 6.07 Å². The van der Waals surface area contributed by atoms with Gasteiger partial charge in [-0.2, -0.15) is 5.26 Å². The molecule has 126 valence electrons. The molecule has 1 aliphatic carbocycles. The Morgan fingerprint density at radius 1 is 1.43 bits per heavy atom. The van der Waals surface area contributed by atoms with E-state index in [4.69, 9.17) is 5.26 Å². The molecule has 2 rings (SSSR count). The third-order valence-electron chi connectivity index (χ3n) is 4.56. The van der Waals surface area contributed by atoms with Crippen molar-refractivity contribution in [3.8, 4) is 6.07 Å². The van der Waals surface area contributed by atoms with Gasteiger partial charge in [-0.1, -0.05) is 26.2 Å². The number of rotatable bonds is 7. The molecule has 2 aliphatic rings. The van der Waals surface area contributed by atoms with Crippen molar-refractivity contribution in [2.45, 2.75) is 69.9 Å². The van der Waals surface area contributed by atoms with E-state index in [1.165, 1.54) is 4.90 Å². The summed E-state index contributed by atoms with van der Waals surface area (Å²) in [5.74, 6) is -0.367. The second-order valence-electron chi connectivity index (χ2n) is 6.32. The van der Waals surface area contributed by atoms with Crippen LogP contribution < -0.4 is 10.6 Å². The first-order valence-corrected chi connectivity index (χ1v) is 8.35. The van der Waals surface area contributed by atoms with Crippen LogP contribution in [0.5, 0.6) is 0 Å². The molecule has 1 heterocycles. The van der Waals surface area contributed by atoms with Crippen LogP contribution in [-0.2, 0) is 9.59 Å². The number of carbonyl (C=O) groups excluding carboxylic acids is 3. The highest BCUT2D eigenvalue weighted by atomic mass is 16.2. The Labute approximate surface area is 136 Å². The predicted octanol–water partition coefficient (Wildman–Crippen LogP) is 1.44. The smallest absolute Gasteiger partial charge is 0.325 e. The first-order chi connectivity index (χ1) is 11.0. The largest absolute Gasteiger partial charge is 0.340 e. The van der Waals surface area contributed by atoms with Gasteiger partial charge in [0.25, 0.3) is 5.91 Å². The zero-order chi connectivity index (χ0) is 16.9. The van der Waals surface area contributed by atoms with Gasteiger partial charge in [-0.05, 0) is 25.7 Å². The van der Waals surface area contributed by atoms with Crippen LogP contribution in [0.1, 0.15) is 58.3 Å². The number of amides is 4. The topological polar surface area (TPSA) is 102 Å². The molecular formula is C16H24N4O3. The van der Waals surface area contributed by atoms with Gasteiger partial charge >= 0.3 is 6.03 Å². The van der Waals surface area contributed by atoms with E-state index in [0.29, 0.717) is 25.7 Å². The molecule has 0 aromatic carbocycles. The number of nitriles is 1. The van der Waals surface area contributed by atoms with Crippen LogP contribution in [0, 0.1) is 11.3 Å². The Morgan fingerprint density at radius 3 is 2.74 bits per heavy atom. The highest BCUT2D eigenvalue weighted by Crippen LogP contribution is 2.35. The summed E-state index contributed by atoms with van der Waals surface area (Å²) in [6.07, 6.45) is 5.37. The standard InChI is InChI=1S/C16H24N4O3/c1-2-6-12(11-17)18-13(21)7-5-10-20-14(22)16(19-15(20)23)8-3-4-9-16/h12H,2-10H2,1H3,(H,18,21)(H,19,23). The van der Waals surface area contributed by atoms with Gasteiger partial charge in [0.2, 0.25) is 5.91 Å². The molecule has 0 radical (unpaired) electrons. The lowest BCUT2D eigenvalue weighted by molar-refractivity contribution is -0.131. The number of nitrogens with one attached hydrogen (secondary N) is 2. The molecule has 23 heavy (non-hydrogen) atoms. The quantitative estimate of drug-likeness (QED) is 0.693. The van der Waals surface area contributed by atoms with E-state index in [1.807, 2.05) is 6.92 Å². The van der Waals surface area contributed by atoms with Crippen molar-refractivity contribution in [1.29, 1.82) is 5.26 Å². The summed E-state index contributed by atoms with van der Waals surface area (Å²) in [7, 11) is 0. The molecule has 2 fully saturated rings. The average molecular weight is 320 g/mol. The fraction of sp³-hybridized carbons (Fsp3) is 0.750. The third-order valence-corrected chi connectivity index (χ3v) is 4.56. The summed E-state index contributed by atoms with van der Waals surface area (Å²) in [5.41, 5.74) is -0.688. The van der Waals surface area contributed by atoms with Crippen LogP contribution in [0.3, 0.4) is 0 Å². The summed E-state index contributed by atoms with van der Waals surface area (Å²) in [6.45, 7) is 2.19.